The smallest absolute Gasteiger partial charge is 0.224 e. The first kappa shape index (κ1) is 15.0. The molecule has 1 aromatic rings. The van der Waals surface area contributed by atoms with Gasteiger partial charge in [-0.3, -0.25) is 4.79 Å². The lowest BCUT2D eigenvalue weighted by Gasteiger charge is -2.37. The van der Waals surface area contributed by atoms with E-state index in [2.05, 4.69) is 36.5 Å². The van der Waals surface area contributed by atoms with Crippen molar-refractivity contribution >= 4 is 5.91 Å². The quantitative estimate of drug-likeness (QED) is 0.886. The largest absolute Gasteiger partial charge is 0.355 e. The molecule has 0 spiro atoms. The van der Waals surface area contributed by atoms with Crippen LogP contribution in [0.1, 0.15) is 43.7 Å². The van der Waals surface area contributed by atoms with E-state index in [4.69, 9.17) is 5.73 Å². The number of hydrogen-bond donors (Lipinski definition) is 2. The molecule has 110 valence electrons. The highest BCUT2D eigenvalue weighted by Crippen LogP contribution is 2.31. The van der Waals surface area contributed by atoms with Crippen LogP contribution in [-0.4, -0.2) is 18.0 Å². The third-order valence-corrected chi connectivity index (χ3v) is 4.40. The summed E-state index contributed by atoms with van der Waals surface area (Å²) < 4.78 is 0. The molecular weight excluding hydrogens is 248 g/mol. The highest BCUT2D eigenvalue weighted by molar-refractivity contribution is 5.80. The first-order valence-electron chi connectivity index (χ1n) is 7.61. The van der Waals surface area contributed by atoms with Crippen LogP contribution >= 0.6 is 0 Å². The summed E-state index contributed by atoms with van der Waals surface area (Å²) in [6, 6.07) is 8.45. The van der Waals surface area contributed by atoms with Gasteiger partial charge in [0.25, 0.3) is 0 Å². The Morgan fingerprint density at radius 2 is 2.05 bits per heavy atom. The van der Waals surface area contributed by atoms with Crippen molar-refractivity contribution in [3.8, 4) is 0 Å². The molecule has 1 aromatic carbocycles. The van der Waals surface area contributed by atoms with E-state index in [1.165, 1.54) is 11.1 Å². The van der Waals surface area contributed by atoms with E-state index >= 15 is 0 Å². The fourth-order valence-electron chi connectivity index (χ4n) is 3.00. The van der Waals surface area contributed by atoms with Crippen LogP contribution in [0.25, 0.3) is 0 Å². The van der Waals surface area contributed by atoms with Gasteiger partial charge in [0.15, 0.2) is 0 Å². The number of hydrogen-bond acceptors (Lipinski definition) is 2. The van der Waals surface area contributed by atoms with Crippen LogP contribution in [0.4, 0.5) is 0 Å². The minimum Gasteiger partial charge on any atom is -0.355 e. The van der Waals surface area contributed by atoms with Gasteiger partial charge in [-0.25, -0.2) is 0 Å². The molecular formula is C17H26N2O. The van der Waals surface area contributed by atoms with Crippen LogP contribution in [0.3, 0.4) is 0 Å². The van der Waals surface area contributed by atoms with Gasteiger partial charge in [-0.15, -0.1) is 0 Å². The molecule has 1 saturated carbocycles. The monoisotopic (exact) mass is 274 g/mol. The Morgan fingerprint density at radius 1 is 1.35 bits per heavy atom. The second-order valence-corrected chi connectivity index (χ2v) is 6.33. The Labute approximate surface area is 121 Å². The molecule has 0 bridgehead atoms. The highest BCUT2D eigenvalue weighted by Gasteiger charge is 2.37. The minimum atomic E-state index is -0.341. The topological polar surface area (TPSA) is 55.1 Å². The van der Waals surface area contributed by atoms with E-state index < -0.39 is 0 Å². The Hall–Kier alpha value is -1.35. The summed E-state index contributed by atoms with van der Waals surface area (Å²) in [5, 5.41) is 3.05. The first-order valence-corrected chi connectivity index (χ1v) is 7.61. The van der Waals surface area contributed by atoms with Crippen LogP contribution in [-0.2, 0) is 11.2 Å². The molecule has 1 amide bonds. The summed E-state index contributed by atoms with van der Waals surface area (Å²) in [4.78, 5) is 12.3. The molecule has 0 saturated heterocycles. The van der Waals surface area contributed by atoms with Gasteiger partial charge in [0.05, 0.1) is 5.92 Å². The van der Waals surface area contributed by atoms with Crippen molar-refractivity contribution in [3.63, 3.8) is 0 Å². The molecule has 3 heteroatoms. The maximum atomic E-state index is 12.3. The van der Waals surface area contributed by atoms with Crippen LogP contribution in [0.15, 0.2) is 24.3 Å². The second-order valence-electron chi connectivity index (χ2n) is 6.33. The molecule has 0 heterocycles. The van der Waals surface area contributed by atoms with Crippen molar-refractivity contribution in [2.24, 2.45) is 11.7 Å². The Kier molecular flexibility index (Phi) is 4.81. The molecule has 0 aromatic heterocycles. The number of carbonyl (C=O) groups excluding carboxylic acids is 1. The number of aryl methyl sites for hydroxylation is 1. The van der Waals surface area contributed by atoms with Crippen molar-refractivity contribution < 1.29 is 4.79 Å². The molecule has 2 rings (SSSR count). The Morgan fingerprint density at radius 3 is 2.70 bits per heavy atom. The zero-order valence-corrected chi connectivity index (χ0v) is 12.6. The Bertz CT molecular complexity index is 451. The van der Waals surface area contributed by atoms with E-state index in [9.17, 15) is 4.79 Å². The minimum absolute atomic E-state index is 0.0331. The zero-order chi connectivity index (χ0) is 14.6. The van der Waals surface area contributed by atoms with E-state index in [0.29, 0.717) is 6.54 Å². The number of nitrogens with two attached hydrogens (primary N) is 1. The predicted octanol–water partition coefficient (Wildman–Crippen LogP) is 2.56. The van der Waals surface area contributed by atoms with Gasteiger partial charge < -0.3 is 11.1 Å². The average Bonchev–Trinajstić information content (AvgIpc) is 2.40. The van der Waals surface area contributed by atoms with Gasteiger partial charge in [0.1, 0.15) is 0 Å². The summed E-state index contributed by atoms with van der Waals surface area (Å²) in [6.07, 6.45) is 5.00. The lowest BCUT2D eigenvalue weighted by Crippen LogP contribution is -2.53. The summed E-state index contributed by atoms with van der Waals surface area (Å²) in [5.41, 5.74) is 8.44. The Balaban J connectivity index is 1.81. The number of carbonyl (C=O) groups is 1. The molecule has 3 N–H and O–H groups in total. The molecule has 2 atom stereocenters. The molecule has 1 aliphatic carbocycles. The molecule has 2 unspecified atom stereocenters. The normalized spacial score (nSPS) is 26.2. The van der Waals surface area contributed by atoms with Crippen molar-refractivity contribution in [3.05, 3.63) is 35.4 Å². The number of benzene rings is 1. The van der Waals surface area contributed by atoms with E-state index in [1.807, 2.05) is 6.92 Å². The van der Waals surface area contributed by atoms with Gasteiger partial charge in [-0.1, -0.05) is 42.7 Å². The van der Waals surface area contributed by atoms with Gasteiger partial charge >= 0.3 is 0 Å². The van der Waals surface area contributed by atoms with Crippen molar-refractivity contribution in [1.82, 2.24) is 5.32 Å². The maximum absolute atomic E-state index is 12.3. The lowest BCUT2D eigenvalue weighted by atomic mass is 9.74. The number of amides is 1. The summed E-state index contributed by atoms with van der Waals surface area (Å²) in [5.74, 6) is 0.0936. The van der Waals surface area contributed by atoms with Crippen molar-refractivity contribution in [1.29, 1.82) is 0 Å². The third kappa shape index (κ3) is 3.83. The number of nitrogens with one attached hydrogen (secondary N) is 1. The SMILES string of the molecule is Cc1ccc(CCNC(=O)C2CCCCC2(C)N)cc1. The molecule has 0 radical (unpaired) electrons. The van der Waals surface area contributed by atoms with Gasteiger partial charge in [-0.05, 0) is 38.7 Å². The third-order valence-electron chi connectivity index (χ3n) is 4.40. The summed E-state index contributed by atoms with van der Waals surface area (Å²) >= 11 is 0. The van der Waals surface area contributed by atoms with Crippen LogP contribution in [0.2, 0.25) is 0 Å². The number of rotatable bonds is 4. The van der Waals surface area contributed by atoms with Gasteiger partial charge in [0.2, 0.25) is 5.91 Å². The average molecular weight is 274 g/mol. The molecule has 1 aliphatic rings. The predicted molar refractivity (Wildman–Crippen MR) is 82.4 cm³/mol. The summed E-state index contributed by atoms with van der Waals surface area (Å²) in [6.45, 7) is 4.78. The summed E-state index contributed by atoms with van der Waals surface area (Å²) in [7, 11) is 0. The van der Waals surface area contributed by atoms with Crippen molar-refractivity contribution in [2.45, 2.75) is 51.5 Å². The molecule has 3 nitrogen and oxygen atoms in total. The fraction of sp³-hybridized carbons (Fsp3) is 0.588. The molecule has 0 aliphatic heterocycles. The van der Waals surface area contributed by atoms with Crippen LogP contribution in [0, 0.1) is 12.8 Å². The second kappa shape index (κ2) is 6.40. The fourth-order valence-corrected chi connectivity index (χ4v) is 3.00. The van der Waals surface area contributed by atoms with Gasteiger partial charge in [0, 0.05) is 12.1 Å². The van der Waals surface area contributed by atoms with Crippen LogP contribution in [0.5, 0.6) is 0 Å². The molecule has 20 heavy (non-hydrogen) atoms. The standard InChI is InChI=1S/C17H26N2O/c1-13-6-8-14(9-7-13)10-12-19-16(20)15-5-3-4-11-17(15,2)18/h6-9,15H,3-5,10-12,18H2,1-2H3,(H,19,20). The van der Waals surface area contributed by atoms with E-state index in [1.54, 1.807) is 0 Å². The van der Waals surface area contributed by atoms with E-state index in [0.717, 1.165) is 32.1 Å². The van der Waals surface area contributed by atoms with E-state index in [-0.39, 0.29) is 17.4 Å². The lowest BCUT2D eigenvalue weighted by molar-refractivity contribution is -0.128. The zero-order valence-electron chi connectivity index (χ0n) is 12.6. The maximum Gasteiger partial charge on any atom is 0.224 e. The van der Waals surface area contributed by atoms with Crippen LogP contribution < -0.4 is 11.1 Å². The molecule has 1 fully saturated rings. The van der Waals surface area contributed by atoms with Gasteiger partial charge in [-0.2, -0.15) is 0 Å². The van der Waals surface area contributed by atoms with Crippen molar-refractivity contribution in [2.75, 3.05) is 6.54 Å². The highest BCUT2D eigenvalue weighted by atomic mass is 16.1. The first-order chi connectivity index (χ1) is 9.49.